The molecular weight excluding hydrogens is 262 g/mol. The summed E-state index contributed by atoms with van der Waals surface area (Å²) < 4.78 is 1.76. The Morgan fingerprint density at radius 1 is 1.43 bits per heavy atom. The Kier molecular flexibility index (Phi) is 3.47. The Labute approximate surface area is 125 Å². The summed E-state index contributed by atoms with van der Waals surface area (Å²) >= 11 is 0. The molecule has 21 heavy (non-hydrogen) atoms. The number of hydrogen-bond donors (Lipinski definition) is 0. The van der Waals surface area contributed by atoms with Crippen LogP contribution in [0.2, 0.25) is 0 Å². The molecule has 1 aliphatic rings. The molecule has 0 radical (unpaired) electrons. The van der Waals surface area contributed by atoms with Gasteiger partial charge in [0.2, 0.25) is 0 Å². The summed E-state index contributed by atoms with van der Waals surface area (Å²) in [5.41, 5.74) is 3.20. The molecule has 3 rings (SSSR count). The second-order valence-corrected chi connectivity index (χ2v) is 6.74. The molecule has 0 amide bonds. The van der Waals surface area contributed by atoms with E-state index in [-0.39, 0.29) is 0 Å². The van der Waals surface area contributed by atoms with Crippen LogP contribution in [0.3, 0.4) is 0 Å². The Bertz CT molecular complexity index is 653. The normalized spacial score (nSPS) is 17.2. The van der Waals surface area contributed by atoms with Crippen molar-refractivity contribution in [3.63, 3.8) is 0 Å². The van der Waals surface area contributed by atoms with Crippen LogP contribution in [0.4, 0.5) is 5.69 Å². The maximum Gasteiger partial charge on any atom is 0.153 e. The zero-order chi connectivity index (χ0) is 15.0. The maximum absolute atomic E-state index is 11.1. The molecule has 1 aliphatic heterocycles. The third kappa shape index (κ3) is 2.43. The van der Waals surface area contributed by atoms with Crippen LogP contribution in [0.25, 0.3) is 5.52 Å². The smallest absolute Gasteiger partial charge is 0.153 e. The summed E-state index contributed by atoms with van der Waals surface area (Å²) in [5, 5.41) is 4.18. The van der Waals surface area contributed by atoms with Crippen LogP contribution in [0.15, 0.2) is 24.5 Å². The molecule has 0 N–H and O–H groups in total. The zero-order valence-electron chi connectivity index (χ0n) is 13.0. The number of carbonyl (C=O) groups excluding carboxylic acids is 1. The average molecular weight is 285 g/mol. The number of pyridine rings is 1. The van der Waals surface area contributed by atoms with E-state index in [1.807, 2.05) is 6.20 Å². The standard InChI is InChI=1S/C17H23N3O/c1-4-17(8-13(2)3)11-19(12-17)15-5-6-20-16(7-15)14(10-21)9-18-20/h5-7,9-10,13H,4,8,11-12H2,1-3H3. The van der Waals surface area contributed by atoms with Gasteiger partial charge in [0.05, 0.1) is 17.3 Å². The van der Waals surface area contributed by atoms with Gasteiger partial charge in [-0.2, -0.15) is 5.10 Å². The van der Waals surface area contributed by atoms with Gasteiger partial charge in [0.25, 0.3) is 0 Å². The molecule has 1 saturated heterocycles. The summed E-state index contributed by atoms with van der Waals surface area (Å²) in [6.45, 7) is 9.12. The van der Waals surface area contributed by atoms with Crippen LogP contribution in [-0.4, -0.2) is 29.0 Å². The van der Waals surface area contributed by atoms with Crippen LogP contribution in [0.5, 0.6) is 0 Å². The number of nitrogens with zero attached hydrogens (tertiary/aromatic N) is 3. The highest BCUT2D eigenvalue weighted by Gasteiger charge is 2.41. The third-order valence-electron chi connectivity index (χ3n) is 4.67. The summed E-state index contributed by atoms with van der Waals surface area (Å²) in [5.74, 6) is 0.742. The lowest BCUT2D eigenvalue weighted by molar-refractivity contribution is 0.112. The van der Waals surface area contributed by atoms with Gasteiger partial charge in [-0.1, -0.05) is 20.8 Å². The Hall–Kier alpha value is -1.84. The molecule has 0 atom stereocenters. The van der Waals surface area contributed by atoms with E-state index in [0.29, 0.717) is 11.0 Å². The molecule has 0 saturated carbocycles. The summed E-state index contributed by atoms with van der Waals surface area (Å²) in [6.07, 6.45) is 6.95. The number of aldehydes is 1. The second-order valence-electron chi connectivity index (χ2n) is 6.74. The first-order valence-corrected chi connectivity index (χ1v) is 7.74. The zero-order valence-corrected chi connectivity index (χ0v) is 13.0. The van der Waals surface area contributed by atoms with Crippen molar-refractivity contribution in [3.8, 4) is 0 Å². The molecule has 0 spiro atoms. The fourth-order valence-corrected chi connectivity index (χ4v) is 3.59. The van der Waals surface area contributed by atoms with Crippen molar-refractivity contribution in [3.05, 3.63) is 30.1 Å². The van der Waals surface area contributed by atoms with Gasteiger partial charge in [0.1, 0.15) is 0 Å². The monoisotopic (exact) mass is 285 g/mol. The largest absolute Gasteiger partial charge is 0.370 e. The Balaban J connectivity index is 1.81. The first-order valence-electron chi connectivity index (χ1n) is 7.74. The number of anilines is 1. The highest BCUT2D eigenvalue weighted by atomic mass is 16.1. The number of rotatable bonds is 5. The minimum Gasteiger partial charge on any atom is -0.370 e. The number of aromatic nitrogens is 2. The van der Waals surface area contributed by atoms with Crippen LogP contribution < -0.4 is 4.90 Å². The quantitative estimate of drug-likeness (QED) is 0.790. The molecule has 2 aromatic heterocycles. The van der Waals surface area contributed by atoms with E-state index in [9.17, 15) is 4.79 Å². The molecule has 0 aliphatic carbocycles. The summed E-state index contributed by atoms with van der Waals surface area (Å²) in [6, 6.07) is 4.16. The van der Waals surface area contributed by atoms with Crippen molar-refractivity contribution in [2.45, 2.75) is 33.6 Å². The molecule has 0 unspecified atom stereocenters. The lowest BCUT2D eigenvalue weighted by atomic mass is 9.71. The van der Waals surface area contributed by atoms with Gasteiger partial charge in [0.15, 0.2) is 6.29 Å². The van der Waals surface area contributed by atoms with E-state index in [1.54, 1.807) is 10.7 Å². The van der Waals surface area contributed by atoms with Crippen molar-refractivity contribution in [2.24, 2.45) is 11.3 Å². The van der Waals surface area contributed by atoms with Crippen LogP contribution in [-0.2, 0) is 0 Å². The van der Waals surface area contributed by atoms with Gasteiger partial charge < -0.3 is 4.90 Å². The van der Waals surface area contributed by atoms with Crippen molar-refractivity contribution >= 4 is 17.5 Å². The first-order chi connectivity index (χ1) is 10.1. The van der Waals surface area contributed by atoms with E-state index in [0.717, 1.165) is 30.8 Å². The lowest BCUT2D eigenvalue weighted by Gasteiger charge is -2.52. The summed E-state index contributed by atoms with van der Waals surface area (Å²) in [4.78, 5) is 13.5. The van der Waals surface area contributed by atoms with Gasteiger partial charge in [-0.05, 0) is 30.9 Å². The Morgan fingerprint density at radius 3 is 2.81 bits per heavy atom. The van der Waals surface area contributed by atoms with Crippen molar-refractivity contribution < 1.29 is 4.79 Å². The predicted octanol–water partition coefficient (Wildman–Crippen LogP) is 3.41. The van der Waals surface area contributed by atoms with E-state index in [1.165, 1.54) is 18.5 Å². The SMILES string of the molecule is CCC1(CC(C)C)CN(c2ccn3ncc(C=O)c3c2)C1. The number of carbonyl (C=O) groups is 1. The van der Waals surface area contributed by atoms with Crippen LogP contribution in [0, 0.1) is 11.3 Å². The van der Waals surface area contributed by atoms with E-state index in [4.69, 9.17) is 0 Å². The molecule has 112 valence electrons. The van der Waals surface area contributed by atoms with E-state index in [2.05, 4.69) is 42.9 Å². The fourth-order valence-electron chi connectivity index (χ4n) is 3.59. The molecule has 0 aromatic carbocycles. The topological polar surface area (TPSA) is 37.6 Å². The third-order valence-corrected chi connectivity index (χ3v) is 4.67. The highest BCUT2D eigenvalue weighted by Crippen LogP contribution is 2.42. The van der Waals surface area contributed by atoms with Crippen LogP contribution in [0.1, 0.15) is 44.0 Å². The molecule has 1 fully saturated rings. The highest BCUT2D eigenvalue weighted by molar-refractivity contribution is 5.86. The molecular formula is C17H23N3O. The second kappa shape index (κ2) is 5.17. The minimum absolute atomic E-state index is 0.466. The fraction of sp³-hybridized carbons (Fsp3) is 0.529. The maximum atomic E-state index is 11.1. The van der Waals surface area contributed by atoms with Crippen molar-refractivity contribution in [1.29, 1.82) is 0 Å². The van der Waals surface area contributed by atoms with E-state index < -0.39 is 0 Å². The van der Waals surface area contributed by atoms with Gasteiger partial charge in [-0.25, -0.2) is 4.52 Å². The van der Waals surface area contributed by atoms with Gasteiger partial charge in [-0.3, -0.25) is 4.79 Å². The molecule has 0 bridgehead atoms. The van der Waals surface area contributed by atoms with Gasteiger partial charge in [0, 0.05) is 30.4 Å². The number of hydrogen-bond acceptors (Lipinski definition) is 3. The molecule has 4 nitrogen and oxygen atoms in total. The minimum atomic E-state index is 0.466. The van der Waals surface area contributed by atoms with Crippen LogP contribution >= 0.6 is 0 Å². The van der Waals surface area contributed by atoms with Gasteiger partial charge in [-0.15, -0.1) is 0 Å². The Morgan fingerprint density at radius 2 is 2.19 bits per heavy atom. The summed E-state index contributed by atoms with van der Waals surface area (Å²) in [7, 11) is 0. The molecule has 4 heteroatoms. The van der Waals surface area contributed by atoms with E-state index >= 15 is 0 Å². The average Bonchev–Trinajstić information content (AvgIpc) is 2.84. The molecule has 3 heterocycles. The first kappa shape index (κ1) is 14.1. The van der Waals surface area contributed by atoms with Crippen molar-refractivity contribution in [2.75, 3.05) is 18.0 Å². The molecule has 2 aromatic rings. The lowest BCUT2D eigenvalue weighted by Crippen LogP contribution is -2.56. The predicted molar refractivity (Wildman–Crippen MR) is 85.0 cm³/mol. The van der Waals surface area contributed by atoms with Gasteiger partial charge >= 0.3 is 0 Å². The van der Waals surface area contributed by atoms with Crippen molar-refractivity contribution in [1.82, 2.24) is 9.61 Å². The number of fused-ring (bicyclic) bond motifs is 1.